The second-order valence-electron chi connectivity index (χ2n) is 12.9. The molecule has 6 rings (SSSR count). The van der Waals surface area contributed by atoms with Crippen LogP contribution in [0.5, 0.6) is 5.75 Å². The summed E-state index contributed by atoms with van der Waals surface area (Å²) in [6.07, 6.45) is -1.41. The van der Waals surface area contributed by atoms with Gasteiger partial charge in [-0.1, -0.05) is 13.8 Å². The van der Waals surface area contributed by atoms with E-state index >= 15 is 0 Å². The third kappa shape index (κ3) is 6.63. The number of benzene rings is 1. The van der Waals surface area contributed by atoms with Crippen molar-refractivity contribution in [3.63, 3.8) is 0 Å². The van der Waals surface area contributed by atoms with Gasteiger partial charge < -0.3 is 29.7 Å². The number of aromatic nitrogens is 2. The van der Waals surface area contributed by atoms with E-state index in [1.807, 2.05) is 38.1 Å². The first kappa shape index (κ1) is 33.5. The first-order chi connectivity index (χ1) is 22.9. The predicted molar refractivity (Wildman–Crippen MR) is 177 cm³/mol. The van der Waals surface area contributed by atoms with Gasteiger partial charge in [0.15, 0.2) is 0 Å². The molecule has 2 aromatic heterocycles. The fourth-order valence-corrected chi connectivity index (χ4v) is 6.91. The summed E-state index contributed by atoms with van der Waals surface area (Å²) >= 11 is 0. The third-order valence-corrected chi connectivity index (χ3v) is 9.96. The van der Waals surface area contributed by atoms with Crippen molar-refractivity contribution in [2.24, 2.45) is 0 Å². The summed E-state index contributed by atoms with van der Waals surface area (Å²) in [5, 5.41) is 3.07. The van der Waals surface area contributed by atoms with Crippen molar-refractivity contribution in [3.8, 4) is 5.75 Å². The molecular weight excluding hydrogens is 625 g/mol. The number of hydrogen-bond donors (Lipinski definition) is 1. The fraction of sp³-hybridized carbons (Fsp3) is 0.471. The van der Waals surface area contributed by atoms with E-state index in [0.717, 1.165) is 92.2 Å². The first-order valence-electron chi connectivity index (χ1n) is 16.2. The van der Waals surface area contributed by atoms with Crippen LogP contribution in [0.25, 0.3) is 0 Å². The Morgan fingerprint density at radius 3 is 1.65 bits per heavy atom. The number of nitrogens with one attached hydrogen (secondary N) is 1. The van der Waals surface area contributed by atoms with Gasteiger partial charge in [0.25, 0.3) is 5.91 Å². The maximum atomic E-state index is 14.8. The van der Waals surface area contributed by atoms with Crippen molar-refractivity contribution in [2.45, 2.75) is 37.6 Å². The number of hydrogen-bond acceptors (Lipinski definition) is 9. The molecule has 1 aromatic carbocycles. The summed E-state index contributed by atoms with van der Waals surface area (Å²) in [7, 11) is 4.17. The summed E-state index contributed by atoms with van der Waals surface area (Å²) in [5.41, 5.74) is 0.320. The molecule has 0 bridgehead atoms. The number of amides is 3. The molecule has 14 heteroatoms. The molecule has 3 amide bonds. The zero-order valence-corrected chi connectivity index (χ0v) is 27.6. The summed E-state index contributed by atoms with van der Waals surface area (Å²) < 4.78 is 42.5. The van der Waals surface area contributed by atoms with Gasteiger partial charge in [-0.2, -0.15) is 0 Å². The predicted octanol–water partition coefficient (Wildman–Crippen LogP) is 4.28. The average Bonchev–Trinajstić information content (AvgIpc) is 3.34. The molecule has 3 aliphatic rings. The van der Waals surface area contributed by atoms with Gasteiger partial charge in [-0.25, -0.2) is 19.7 Å². The van der Waals surface area contributed by atoms with Gasteiger partial charge in [0, 0.05) is 76.6 Å². The number of imide groups is 1. The van der Waals surface area contributed by atoms with Gasteiger partial charge in [-0.05, 0) is 73.8 Å². The lowest BCUT2D eigenvalue weighted by molar-refractivity contribution is -0.274. The third-order valence-electron chi connectivity index (χ3n) is 9.96. The van der Waals surface area contributed by atoms with Gasteiger partial charge in [-0.3, -0.25) is 4.79 Å². The minimum absolute atomic E-state index is 0.133. The zero-order chi connectivity index (χ0) is 34.2. The van der Waals surface area contributed by atoms with Crippen LogP contribution in [0, 0.1) is 0 Å². The molecule has 0 spiro atoms. The summed E-state index contributed by atoms with van der Waals surface area (Å²) in [6.45, 7) is 10.7. The SMILES string of the molecule is CC(c1ccnc(N2CCN(C)CC2)c1)C1(C(C)c2ccnc(N3CCN(C)CC3)c2)NC(=O)N(c2ccc(OC(F)(F)F)cc2)C1=O. The highest BCUT2D eigenvalue weighted by Crippen LogP contribution is 2.45. The highest BCUT2D eigenvalue weighted by Gasteiger charge is 2.59. The second-order valence-corrected chi connectivity index (χ2v) is 12.9. The minimum atomic E-state index is -4.87. The Morgan fingerprint density at radius 2 is 1.21 bits per heavy atom. The normalized spacial score (nSPS) is 22.5. The molecular formula is C34H41F3N8O3. The smallest absolute Gasteiger partial charge is 0.406 e. The Morgan fingerprint density at radius 1 is 0.750 bits per heavy atom. The molecule has 0 saturated carbocycles. The van der Waals surface area contributed by atoms with Crippen molar-refractivity contribution in [1.82, 2.24) is 25.1 Å². The first-order valence-corrected chi connectivity index (χ1v) is 16.2. The van der Waals surface area contributed by atoms with E-state index in [9.17, 15) is 22.8 Å². The molecule has 256 valence electrons. The Kier molecular flexibility index (Phi) is 9.22. The van der Waals surface area contributed by atoms with Gasteiger partial charge in [0.05, 0.1) is 5.69 Å². The van der Waals surface area contributed by atoms with E-state index in [1.165, 1.54) is 12.1 Å². The van der Waals surface area contributed by atoms with E-state index in [1.54, 1.807) is 12.4 Å². The highest BCUT2D eigenvalue weighted by molar-refractivity contribution is 6.24. The van der Waals surface area contributed by atoms with Crippen molar-refractivity contribution >= 4 is 29.3 Å². The molecule has 11 nitrogen and oxygen atoms in total. The average molecular weight is 667 g/mol. The number of urea groups is 1. The van der Waals surface area contributed by atoms with Crippen LogP contribution < -0.4 is 24.8 Å². The molecule has 3 aromatic rings. The van der Waals surface area contributed by atoms with Crippen LogP contribution in [0.2, 0.25) is 0 Å². The number of likely N-dealkylation sites (N-methyl/N-ethyl adjacent to an activating group) is 2. The number of ether oxygens (including phenoxy) is 1. The van der Waals surface area contributed by atoms with Gasteiger partial charge in [0.2, 0.25) is 0 Å². The number of anilines is 3. The standard InChI is InChI=1S/C34H41F3N8O3/c1-23(25-9-11-38-29(21-25)43-17-13-41(3)14-18-43)33(24(2)26-10-12-39-30(22-26)44-19-15-42(4)16-20-44)31(46)45(32(47)40-33)27-5-7-28(8-6-27)48-34(35,36)37/h5-12,21-24H,13-20H2,1-4H3,(H,40,47). The summed E-state index contributed by atoms with van der Waals surface area (Å²) in [4.78, 5) is 47.8. The van der Waals surface area contributed by atoms with E-state index in [4.69, 9.17) is 0 Å². The van der Waals surface area contributed by atoms with Crippen LogP contribution in [-0.4, -0.2) is 110 Å². The lowest BCUT2D eigenvalue weighted by Crippen LogP contribution is -2.55. The highest BCUT2D eigenvalue weighted by atomic mass is 19.4. The number of nitrogens with zero attached hydrogens (tertiary/aromatic N) is 7. The minimum Gasteiger partial charge on any atom is -0.406 e. The lowest BCUT2D eigenvalue weighted by atomic mass is 9.70. The van der Waals surface area contributed by atoms with Crippen LogP contribution >= 0.6 is 0 Å². The number of alkyl halides is 3. The number of pyridine rings is 2. The van der Waals surface area contributed by atoms with Crippen LogP contribution in [0.15, 0.2) is 60.9 Å². The Labute approximate surface area is 278 Å². The topological polar surface area (TPSA) is 97.4 Å². The molecule has 2 unspecified atom stereocenters. The molecule has 48 heavy (non-hydrogen) atoms. The van der Waals surface area contributed by atoms with E-state index < -0.39 is 41.4 Å². The molecule has 0 aliphatic carbocycles. The maximum absolute atomic E-state index is 14.8. The van der Waals surface area contributed by atoms with Crippen molar-refractivity contribution in [1.29, 1.82) is 0 Å². The largest absolute Gasteiger partial charge is 0.573 e. The van der Waals surface area contributed by atoms with Crippen LogP contribution in [0.3, 0.4) is 0 Å². The lowest BCUT2D eigenvalue weighted by Gasteiger charge is -2.40. The fourth-order valence-electron chi connectivity index (χ4n) is 6.91. The van der Waals surface area contributed by atoms with Crippen molar-refractivity contribution < 1.29 is 27.5 Å². The van der Waals surface area contributed by atoms with E-state index in [0.29, 0.717) is 0 Å². The molecule has 3 aliphatic heterocycles. The number of carbonyl (C=O) groups is 2. The van der Waals surface area contributed by atoms with Crippen molar-refractivity contribution in [3.05, 3.63) is 72.1 Å². The quantitative estimate of drug-likeness (QED) is 0.354. The molecule has 3 fully saturated rings. The summed E-state index contributed by atoms with van der Waals surface area (Å²) in [6, 6.07) is 11.8. The Balaban J connectivity index is 1.38. The number of rotatable bonds is 8. The number of piperazine rings is 2. The van der Waals surface area contributed by atoms with Crippen molar-refractivity contribution in [2.75, 3.05) is 81.2 Å². The zero-order valence-electron chi connectivity index (χ0n) is 27.6. The monoisotopic (exact) mass is 666 g/mol. The Bertz CT molecular complexity index is 1550. The molecule has 0 radical (unpaired) electrons. The van der Waals surface area contributed by atoms with Gasteiger partial charge in [-0.15, -0.1) is 13.2 Å². The number of carbonyl (C=O) groups excluding carboxylic acids is 2. The van der Waals surface area contributed by atoms with Crippen LogP contribution in [0.1, 0.15) is 36.8 Å². The second kappa shape index (κ2) is 13.2. The molecule has 1 N–H and O–H groups in total. The van der Waals surface area contributed by atoms with Gasteiger partial charge >= 0.3 is 12.4 Å². The maximum Gasteiger partial charge on any atom is 0.573 e. The summed E-state index contributed by atoms with van der Waals surface area (Å²) in [5.74, 6) is -0.427. The Hall–Kier alpha value is -4.43. The van der Waals surface area contributed by atoms with Crippen LogP contribution in [0.4, 0.5) is 35.3 Å². The molecule has 5 heterocycles. The van der Waals surface area contributed by atoms with Crippen LogP contribution in [-0.2, 0) is 4.79 Å². The number of halogens is 3. The van der Waals surface area contributed by atoms with Gasteiger partial charge in [0.1, 0.15) is 22.9 Å². The van der Waals surface area contributed by atoms with E-state index in [-0.39, 0.29) is 5.69 Å². The van der Waals surface area contributed by atoms with E-state index in [2.05, 4.69) is 53.7 Å². The molecule has 3 saturated heterocycles. The molecule has 2 atom stereocenters.